The van der Waals surface area contributed by atoms with Crippen LogP contribution in [0.25, 0.3) is 0 Å². The minimum Gasteiger partial charge on any atom is -0.316 e. The van der Waals surface area contributed by atoms with Gasteiger partial charge < -0.3 is 5.32 Å². The molecule has 2 saturated carbocycles. The van der Waals surface area contributed by atoms with Crippen LogP contribution in [0.3, 0.4) is 0 Å². The van der Waals surface area contributed by atoms with E-state index in [1.165, 1.54) is 44.9 Å². The van der Waals surface area contributed by atoms with E-state index in [4.69, 9.17) is 0 Å². The molecule has 2 aliphatic carbocycles. The molecule has 0 radical (unpaired) electrons. The molecule has 0 saturated heterocycles. The van der Waals surface area contributed by atoms with Gasteiger partial charge in [-0.3, -0.25) is 0 Å². The highest BCUT2D eigenvalue weighted by atomic mass is 14.9. The molecule has 2 rings (SSSR count). The molecule has 0 heterocycles. The van der Waals surface area contributed by atoms with Crippen LogP contribution in [0.15, 0.2) is 0 Å². The van der Waals surface area contributed by atoms with Gasteiger partial charge in [0.2, 0.25) is 0 Å². The summed E-state index contributed by atoms with van der Waals surface area (Å²) in [6, 6.07) is 0.852. The van der Waals surface area contributed by atoms with Crippen LogP contribution in [0.1, 0.15) is 44.9 Å². The lowest BCUT2D eigenvalue weighted by atomic mass is 9.58. The minimum absolute atomic E-state index is 0.757. The average Bonchev–Trinajstić information content (AvgIpc) is 2.01. The van der Waals surface area contributed by atoms with Crippen LogP contribution >= 0.6 is 0 Å². The van der Waals surface area contributed by atoms with Crippen LogP contribution in [-0.2, 0) is 0 Å². The summed E-state index contributed by atoms with van der Waals surface area (Å²) in [6.45, 7) is 0. The van der Waals surface area contributed by atoms with Crippen LogP contribution in [-0.4, -0.2) is 13.1 Å². The molecule has 1 N–H and O–H groups in total. The monoisotopic (exact) mass is 153 g/mol. The van der Waals surface area contributed by atoms with Crippen LogP contribution in [0.4, 0.5) is 0 Å². The third-order valence-corrected chi connectivity index (χ3v) is 3.85. The van der Waals surface area contributed by atoms with E-state index in [1.807, 2.05) is 0 Å². The van der Waals surface area contributed by atoms with Crippen molar-refractivity contribution in [2.45, 2.75) is 51.0 Å². The van der Waals surface area contributed by atoms with Gasteiger partial charge in [-0.2, -0.15) is 0 Å². The maximum atomic E-state index is 3.50. The summed E-state index contributed by atoms with van der Waals surface area (Å²) in [5.74, 6) is 0. The van der Waals surface area contributed by atoms with Gasteiger partial charge in [-0.05, 0) is 38.1 Å². The first-order chi connectivity index (χ1) is 5.37. The number of nitrogens with one attached hydrogen (secondary N) is 1. The predicted octanol–water partition coefficient (Wildman–Crippen LogP) is 2.32. The van der Waals surface area contributed by atoms with Crippen molar-refractivity contribution in [2.75, 3.05) is 7.05 Å². The summed E-state index contributed by atoms with van der Waals surface area (Å²) in [5, 5.41) is 3.50. The van der Waals surface area contributed by atoms with Crippen LogP contribution < -0.4 is 5.32 Å². The lowest BCUT2D eigenvalue weighted by Crippen LogP contribution is -2.50. The first-order valence-corrected chi connectivity index (χ1v) is 5.05. The van der Waals surface area contributed by atoms with Crippen molar-refractivity contribution in [3.05, 3.63) is 0 Å². The smallest absolute Gasteiger partial charge is 0.0120 e. The Morgan fingerprint density at radius 2 is 1.82 bits per heavy atom. The summed E-state index contributed by atoms with van der Waals surface area (Å²) >= 11 is 0. The molecule has 1 nitrogen and oxygen atoms in total. The zero-order valence-corrected chi connectivity index (χ0v) is 7.53. The van der Waals surface area contributed by atoms with E-state index in [0.29, 0.717) is 0 Å². The molecule has 1 atom stereocenters. The summed E-state index contributed by atoms with van der Waals surface area (Å²) in [6.07, 6.45) is 10.3. The third kappa shape index (κ3) is 1.10. The second-order valence-corrected chi connectivity index (χ2v) is 4.30. The van der Waals surface area contributed by atoms with Gasteiger partial charge >= 0.3 is 0 Å². The maximum absolute atomic E-state index is 3.50. The predicted molar refractivity (Wildman–Crippen MR) is 47.6 cm³/mol. The summed E-state index contributed by atoms with van der Waals surface area (Å²) in [7, 11) is 2.13. The first kappa shape index (κ1) is 7.60. The highest BCUT2D eigenvalue weighted by Gasteiger charge is 2.44. The summed E-state index contributed by atoms with van der Waals surface area (Å²) < 4.78 is 0. The van der Waals surface area contributed by atoms with Crippen molar-refractivity contribution in [1.82, 2.24) is 5.32 Å². The topological polar surface area (TPSA) is 12.0 Å². The fourth-order valence-electron chi connectivity index (χ4n) is 2.99. The molecule has 2 fully saturated rings. The van der Waals surface area contributed by atoms with Crippen LogP contribution in [0, 0.1) is 5.41 Å². The van der Waals surface area contributed by atoms with Gasteiger partial charge in [0.25, 0.3) is 0 Å². The highest BCUT2D eigenvalue weighted by molar-refractivity contribution is 4.98. The molecule has 0 aromatic rings. The van der Waals surface area contributed by atoms with Crippen molar-refractivity contribution < 1.29 is 0 Å². The Labute approximate surface area is 69.6 Å². The van der Waals surface area contributed by atoms with Gasteiger partial charge in [0, 0.05) is 6.04 Å². The van der Waals surface area contributed by atoms with E-state index in [9.17, 15) is 0 Å². The first-order valence-electron chi connectivity index (χ1n) is 5.05. The second-order valence-electron chi connectivity index (χ2n) is 4.30. The van der Waals surface area contributed by atoms with Gasteiger partial charge in [0.15, 0.2) is 0 Å². The van der Waals surface area contributed by atoms with Crippen LogP contribution in [0.5, 0.6) is 0 Å². The van der Waals surface area contributed by atoms with Crippen molar-refractivity contribution in [2.24, 2.45) is 5.41 Å². The highest BCUT2D eigenvalue weighted by Crippen LogP contribution is 2.51. The van der Waals surface area contributed by atoms with E-state index < -0.39 is 0 Å². The molecule has 1 spiro atoms. The third-order valence-electron chi connectivity index (χ3n) is 3.85. The van der Waals surface area contributed by atoms with E-state index in [0.717, 1.165) is 11.5 Å². The van der Waals surface area contributed by atoms with E-state index in [1.54, 1.807) is 0 Å². The molecular weight excluding hydrogens is 134 g/mol. The Kier molecular flexibility index (Phi) is 1.92. The molecule has 2 aliphatic rings. The van der Waals surface area contributed by atoms with Crippen molar-refractivity contribution >= 4 is 0 Å². The zero-order valence-electron chi connectivity index (χ0n) is 7.53. The number of hydrogen-bond acceptors (Lipinski definition) is 1. The Morgan fingerprint density at radius 1 is 1.09 bits per heavy atom. The van der Waals surface area contributed by atoms with Gasteiger partial charge in [-0.15, -0.1) is 0 Å². The van der Waals surface area contributed by atoms with E-state index in [2.05, 4.69) is 12.4 Å². The molecule has 1 heteroatoms. The molecule has 0 amide bonds. The minimum atomic E-state index is 0.757. The fraction of sp³-hybridized carbons (Fsp3) is 1.00. The standard InChI is InChI=1S/C10H19N/c1-11-9-5-2-3-6-10(9)7-4-8-10/h9,11H,2-8H2,1H3. The van der Waals surface area contributed by atoms with Gasteiger partial charge in [0.1, 0.15) is 0 Å². The fourth-order valence-corrected chi connectivity index (χ4v) is 2.99. The second kappa shape index (κ2) is 2.78. The number of hydrogen-bond donors (Lipinski definition) is 1. The quantitative estimate of drug-likeness (QED) is 0.609. The van der Waals surface area contributed by atoms with Crippen molar-refractivity contribution in [3.63, 3.8) is 0 Å². The largest absolute Gasteiger partial charge is 0.316 e. The average molecular weight is 153 g/mol. The normalized spacial score (nSPS) is 35.2. The van der Waals surface area contributed by atoms with Crippen molar-refractivity contribution in [3.8, 4) is 0 Å². The Morgan fingerprint density at radius 3 is 2.27 bits per heavy atom. The molecule has 11 heavy (non-hydrogen) atoms. The zero-order chi connectivity index (χ0) is 7.73. The molecule has 64 valence electrons. The van der Waals surface area contributed by atoms with E-state index >= 15 is 0 Å². The molecular formula is C10H19N. The number of rotatable bonds is 1. The SMILES string of the molecule is CNC1CCCCC12CCC2. The van der Waals surface area contributed by atoms with E-state index in [-0.39, 0.29) is 0 Å². The van der Waals surface area contributed by atoms with Gasteiger partial charge in [-0.25, -0.2) is 0 Å². The molecule has 0 aliphatic heterocycles. The Bertz CT molecular complexity index is 138. The lowest BCUT2D eigenvalue weighted by molar-refractivity contribution is 0.0371. The lowest BCUT2D eigenvalue weighted by Gasteiger charge is -2.50. The van der Waals surface area contributed by atoms with Gasteiger partial charge in [0.05, 0.1) is 0 Å². The Balaban J connectivity index is 2.02. The van der Waals surface area contributed by atoms with Crippen molar-refractivity contribution in [1.29, 1.82) is 0 Å². The Hall–Kier alpha value is -0.0400. The van der Waals surface area contributed by atoms with Crippen LogP contribution in [0.2, 0.25) is 0 Å². The molecule has 0 aromatic carbocycles. The molecule has 0 bridgehead atoms. The maximum Gasteiger partial charge on any atom is 0.0120 e. The molecule has 1 unspecified atom stereocenters. The molecule has 0 aromatic heterocycles. The van der Waals surface area contributed by atoms with Gasteiger partial charge in [-0.1, -0.05) is 19.3 Å². The summed E-state index contributed by atoms with van der Waals surface area (Å²) in [5.41, 5.74) is 0.757. The summed E-state index contributed by atoms with van der Waals surface area (Å²) in [4.78, 5) is 0.